The van der Waals surface area contributed by atoms with Crippen LogP contribution in [-0.4, -0.2) is 11.5 Å². The highest BCUT2D eigenvalue weighted by molar-refractivity contribution is 9.10. The summed E-state index contributed by atoms with van der Waals surface area (Å²) in [7, 11) is 0. The summed E-state index contributed by atoms with van der Waals surface area (Å²) in [5.41, 5.74) is 1.02. The summed E-state index contributed by atoms with van der Waals surface area (Å²) in [6.45, 7) is 0.904. The average molecular weight is 311 g/mol. The van der Waals surface area contributed by atoms with Crippen molar-refractivity contribution in [2.45, 2.75) is 19.3 Å². The van der Waals surface area contributed by atoms with Crippen LogP contribution < -0.4 is 5.32 Å². The molecule has 4 nitrogen and oxygen atoms in total. The number of nitrogens with zero attached hydrogens (tertiary/aromatic N) is 1. The van der Waals surface area contributed by atoms with Gasteiger partial charge < -0.3 is 5.32 Å². The molecule has 0 saturated heterocycles. The fraction of sp³-hybridized carbons (Fsp3) is 0.385. The number of anilines is 1. The Balaban J connectivity index is 1.97. The highest BCUT2D eigenvalue weighted by Crippen LogP contribution is 2.28. The van der Waals surface area contributed by atoms with Crippen LogP contribution in [0.25, 0.3) is 0 Å². The van der Waals surface area contributed by atoms with E-state index in [9.17, 15) is 10.1 Å². The molecular weight excluding hydrogens is 296 g/mol. The van der Waals surface area contributed by atoms with Gasteiger partial charge in [-0.25, -0.2) is 0 Å². The summed E-state index contributed by atoms with van der Waals surface area (Å²) in [6.07, 6.45) is 7.90. The van der Waals surface area contributed by atoms with Crippen LogP contribution in [0.2, 0.25) is 0 Å². The van der Waals surface area contributed by atoms with Crippen molar-refractivity contribution in [2.75, 3.05) is 11.9 Å². The highest BCUT2D eigenvalue weighted by Gasteiger charge is 2.12. The van der Waals surface area contributed by atoms with Gasteiger partial charge in [0.05, 0.1) is 4.92 Å². The number of non-ortho nitro benzene ring substituents is 1. The first-order chi connectivity index (χ1) is 8.66. The summed E-state index contributed by atoms with van der Waals surface area (Å²) in [4.78, 5) is 10.2. The van der Waals surface area contributed by atoms with Crippen molar-refractivity contribution in [2.24, 2.45) is 5.92 Å². The van der Waals surface area contributed by atoms with Gasteiger partial charge in [0.15, 0.2) is 0 Å². The molecule has 1 aromatic rings. The zero-order valence-electron chi connectivity index (χ0n) is 9.93. The van der Waals surface area contributed by atoms with Crippen LogP contribution in [0.3, 0.4) is 0 Å². The second-order valence-corrected chi connectivity index (χ2v) is 5.31. The van der Waals surface area contributed by atoms with Crippen LogP contribution in [-0.2, 0) is 0 Å². The number of hydrogen-bond acceptors (Lipinski definition) is 3. The molecule has 0 amide bonds. The van der Waals surface area contributed by atoms with Crippen molar-refractivity contribution in [3.8, 4) is 0 Å². The molecule has 1 aromatic carbocycles. The van der Waals surface area contributed by atoms with Gasteiger partial charge in [-0.3, -0.25) is 10.1 Å². The maximum Gasteiger partial charge on any atom is 0.270 e. The van der Waals surface area contributed by atoms with Gasteiger partial charge in [-0.15, -0.1) is 0 Å². The predicted molar refractivity (Wildman–Crippen MR) is 75.8 cm³/mol. The van der Waals surface area contributed by atoms with Crippen LogP contribution in [0.1, 0.15) is 19.3 Å². The van der Waals surface area contributed by atoms with E-state index in [1.165, 1.54) is 18.6 Å². The lowest BCUT2D eigenvalue weighted by molar-refractivity contribution is -0.384. The van der Waals surface area contributed by atoms with Gasteiger partial charge in [0.25, 0.3) is 5.69 Å². The molecule has 0 aliphatic heterocycles. The van der Waals surface area contributed by atoms with Gasteiger partial charge in [0.2, 0.25) is 0 Å². The summed E-state index contributed by atoms with van der Waals surface area (Å²) >= 11 is 3.36. The molecule has 1 atom stereocenters. The van der Waals surface area contributed by atoms with E-state index in [-0.39, 0.29) is 10.6 Å². The third kappa shape index (κ3) is 3.32. The zero-order valence-corrected chi connectivity index (χ0v) is 11.5. The first-order valence-corrected chi connectivity index (χ1v) is 6.79. The maximum atomic E-state index is 10.6. The molecule has 5 heteroatoms. The lowest BCUT2D eigenvalue weighted by atomic mass is 9.94. The number of nitro groups is 1. The molecule has 1 N–H and O–H groups in total. The van der Waals surface area contributed by atoms with Crippen molar-refractivity contribution < 1.29 is 4.92 Å². The minimum atomic E-state index is -0.388. The monoisotopic (exact) mass is 310 g/mol. The number of nitro benzene ring substituents is 1. The second-order valence-electron chi connectivity index (χ2n) is 4.45. The van der Waals surface area contributed by atoms with E-state index in [1.54, 1.807) is 6.07 Å². The molecule has 0 spiro atoms. The molecule has 18 heavy (non-hydrogen) atoms. The highest BCUT2D eigenvalue weighted by atomic mass is 79.9. The van der Waals surface area contributed by atoms with Crippen molar-refractivity contribution >= 4 is 27.3 Å². The fourth-order valence-corrected chi connectivity index (χ4v) is 2.56. The Bertz CT molecular complexity index is 474. The standard InChI is InChI=1S/C13H15BrN2O2/c14-12-8-11(16(17)18)6-7-13(12)15-9-10-4-2-1-3-5-10/h1-2,6-8,10,15H,3-5,9H2. The number of rotatable bonds is 4. The molecule has 1 unspecified atom stereocenters. The third-order valence-corrected chi connectivity index (χ3v) is 3.78. The fourth-order valence-electron chi connectivity index (χ4n) is 2.06. The molecule has 2 rings (SSSR count). The third-order valence-electron chi connectivity index (χ3n) is 3.12. The van der Waals surface area contributed by atoms with Crippen molar-refractivity contribution in [3.05, 3.63) is 44.9 Å². The van der Waals surface area contributed by atoms with E-state index >= 15 is 0 Å². The molecule has 1 aliphatic carbocycles. The van der Waals surface area contributed by atoms with Crippen LogP contribution in [0, 0.1) is 16.0 Å². The Morgan fingerprint density at radius 2 is 2.28 bits per heavy atom. The smallest absolute Gasteiger partial charge is 0.270 e. The summed E-state index contributed by atoms with van der Waals surface area (Å²) in [5.74, 6) is 0.650. The average Bonchev–Trinajstić information content (AvgIpc) is 2.38. The Kier molecular flexibility index (Phi) is 4.36. The lowest BCUT2D eigenvalue weighted by Crippen LogP contribution is -2.15. The summed E-state index contributed by atoms with van der Waals surface area (Å²) in [5, 5.41) is 14.0. The summed E-state index contributed by atoms with van der Waals surface area (Å²) < 4.78 is 0.739. The van der Waals surface area contributed by atoms with Crippen LogP contribution in [0.5, 0.6) is 0 Å². The van der Waals surface area contributed by atoms with Gasteiger partial charge >= 0.3 is 0 Å². The van der Waals surface area contributed by atoms with Crippen LogP contribution in [0.15, 0.2) is 34.8 Å². The minimum Gasteiger partial charge on any atom is -0.384 e. The number of nitrogens with one attached hydrogen (secondary N) is 1. The predicted octanol–water partition coefficient (Wildman–Crippen LogP) is 4.13. The molecule has 1 aliphatic rings. The molecule has 96 valence electrons. The van der Waals surface area contributed by atoms with Gasteiger partial charge in [-0.05, 0) is 47.2 Å². The number of benzene rings is 1. The maximum absolute atomic E-state index is 10.6. The molecule has 0 saturated carbocycles. The molecule has 0 aromatic heterocycles. The van der Waals surface area contributed by atoms with E-state index in [4.69, 9.17) is 0 Å². The zero-order chi connectivity index (χ0) is 13.0. The van der Waals surface area contributed by atoms with Crippen LogP contribution >= 0.6 is 15.9 Å². The quantitative estimate of drug-likeness (QED) is 0.517. The normalized spacial score (nSPS) is 18.6. The minimum absolute atomic E-state index is 0.105. The van der Waals surface area contributed by atoms with E-state index in [0.717, 1.165) is 29.5 Å². The number of halogens is 1. The molecule has 0 fully saturated rings. The number of hydrogen-bond donors (Lipinski definition) is 1. The van der Waals surface area contributed by atoms with Gasteiger partial charge in [-0.2, -0.15) is 0 Å². The molecule has 0 radical (unpaired) electrons. The molecule has 0 bridgehead atoms. The molecule has 0 heterocycles. The Labute approximate surface area is 114 Å². The van der Waals surface area contributed by atoms with Gasteiger partial charge in [0.1, 0.15) is 0 Å². The Hall–Kier alpha value is -1.36. The first kappa shape index (κ1) is 13.1. The van der Waals surface area contributed by atoms with Crippen molar-refractivity contribution in [3.63, 3.8) is 0 Å². The van der Waals surface area contributed by atoms with E-state index in [2.05, 4.69) is 33.4 Å². The van der Waals surface area contributed by atoms with Crippen LogP contribution in [0.4, 0.5) is 11.4 Å². The van der Waals surface area contributed by atoms with Gasteiger partial charge in [-0.1, -0.05) is 12.2 Å². The molecular formula is C13H15BrN2O2. The van der Waals surface area contributed by atoms with Crippen molar-refractivity contribution in [1.29, 1.82) is 0 Å². The summed E-state index contributed by atoms with van der Waals surface area (Å²) in [6, 6.07) is 4.80. The van der Waals surface area contributed by atoms with E-state index in [0.29, 0.717) is 5.92 Å². The first-order valence-electron chi connectivity index (χ1n) is 5.99. The number of allylic oxidation sites excluding steroid dienone is 2. The Morgan fingerprint density at radius 3 is 2.89 bits per heavy atom. The topological polar surface area (TPSA) is 55.2 Å². The van der Waals surface area contributed by atoms with Gasteiger partial charge in [0, 0.05) is 28.8 Å². The second kappa shape index (κ2) is 6.00. The van der Waals surface area contributed by atoms with Crippen molar-refractivity contribution in [1.82, 2.24) is 0 Å². The SMILES string of the molecule is O=[N+]([O-])c1ccc(NCC2CC=CCC2)c(Br)c1. The lowest BCUT2D eigenvalue weighted by Gasteiger charge is -2.19. The largest absolute Gasteiger partial charge is 0.384 e. The Morgan fingerprint density at radius 1 is 1.44 bits per heavy atom. The van der Waals surface area contributed by atoms with E-state index < -0.39 is 0 Å². The van der Waals surface area contributed by atoms with E-state index in [1.807, 2.05) is 0 Å².